The summed E-state index contributed by atoms with van der Waals surface area (Å²) in [6, 6.07) is 6.92. The van der Waals surface area contributed by atoms with Gasteiger partial charge < -0.3 is 10.1 Å². The van der Waals surface area contributed by atoms with Crippen molar-refractivity contribution < 1.29 is 14.3 Å². The van der Waals surface area contributed by atoms with Gasteiger partial charge in [0, 0.05) is 5.71 Å². The summed E-state index contributed by atoms with van der Waals surface area (Å²) < 4.78 is 5.33. The summed E-state index contributed by atoms with van der Waals surface area (Å²) in [5, 5.41) is 2.78. The molecule has 22 heavy (non-hydrogen) atoms. The fourth-order valence-corrected chi connectivity index (χ4v) is 2.48. The van der Waals surface area contributed by atoms with E-state index in [-0.39, 0.29) is 5.97 Å². The van der Waals surface area contributed by atoms with Crippen LogP contribution in [0.2, 0.25) is 0 Å². The highest BCUT2D eigenvalue weighted by atomic mass is 16.5. The Bertz CT molecular complexity index is 578. The normalized spacial score (nSPS) is 21.0. The zero-order valence-electron chi connectivity index (χ0n) is 13.3. The summed E-state index contributed by atoms with van der Waals surface area (Å²) in [5.41, 5.74) is 2.50. The molecular formula is C17H22N2O3. The third-order valence-electron chi connectivity index (χ3n) is 3.77. The highest BCUT2D eigenvalue weighted by molar-refractivity contribution is 6.08. The number of carbonyl (C=O) groups excluding carboxylic acids is 2. The maximum Gasteiger partial charge on any atom is 0.341 e. The summed E-state index contributed by atoms with van der Waals surface area (Å²) in [6.45, 7) is 6.13. The quantitative estimate of drug-likeness (QED) is 0.671. The van der Waals surface area contributed by atoms with Crippen molar-refractivity contribution in [2.24, 2.45) is 10.9 Å². The molecule has 1 heterocycles. The minimum absolute atomic E-state index is 0.333. The summed E-state index contributed by atoms with van der Waals surface area (Å²) in [6.07, 6.45) is 1.79. The van der Waals surface area contributed by atoms with Gasteiger partial charge in [-0.2, -0.15) is 0 Å². The average Bonchev–Trinajstić information content (AvgIpc) is 2.47. The van der Waals surface area contributed by atoms with Crippen molar-refractivity contribution in [3.63, 3.8) is 0 Å². The van der Waals surface area contributed by atoms with E-state index in [1.807, 2.05) is 38.1 Å². The number of esters is 1. The maximum absolute atomic E-state index is 12.4. The van der Waals surface area contributed by atoms with Crippen molar-refractivity contribution in [1.82, 2.24) is 5.32 Å². The minimum Gasteiger partial charge on any atom is -0.465 e. The number of amides is 2. The van der Waals surface area contributed by atoms with Gasteiger partial charge in [0.1, 0.15) is 5.92 Å². The Kier molecular flexibility index (Phi) is 5.31. The molecule has 2 rings (SSSR count). The lowest BCUT2D eigenvalue weighted by Gasteiger charge is -2.29. The number of aryl methyl sites for hydroxylation is 1. The summed E-state index contributed by atoms with van der Waals surface area (Å²) >= 11 is 0. The predicted octanol–water partition coefficient (Wildman–Crippen LogP) is 3.18. The van der Waals surface area contributed by atoms with E-state index in [2.05, 4.69) is 10.3 Å². The lowest BCUT2D eigenvalue weighted by atomic mass is 9.88. The van der Waals surface area contributed by atoms with Gasteiger partial charge in [-0.3, -0.25) is 4.79 Å². The molecule has 2 amide bonds. The number of ether oxygens (including phenoxy) is 1. The molecule has 1 aromatic rings. The number of benzene rings is 1. The van der Waals surface area contributed by atoms with Gasteiger partial charge in [-0.1, -0.05) is 43.2 Å². The Morgan fingerprint density at radius 3 is 2.59 bits per heavy atom. The van der Waals surface area contributed by atoms with E-state index in [1.165, 1.54) is 0 Å². The van der Waals surface area contributed by atoms with Crippen molar-refractivity contribution in [2.75, 3.05) is 6.61 Å². The number of rotatable bonds is 5. The maximum atomic E-state index is 12.4. The number of nitrogens with zero attached hydrogens (tertiary/aromatic N) is 1. The lowest BCUT2D eigenvalue weighted by Crippen LogP contribution is -2.44. The van der Waals surface area contributed by atoms with E-state index in [4.69, 9.17) is 4.74 Å². The molecule has 2 unspecified atom stereocenters. The minimum atomic E-state index is -0.572. The van der Waals surface area contributed by atoms with Crippen molar-refractivity contribution in [3.8, 4) is 0 Å². The Balaban J connectivity index is 2.24. The molecule has 1 aliphatic heterocycles. The number of nitrogens with one attached hydrogen (secondary N) is 1. The van der Waals surface area contributed by atoms with Crippen LogP contribution >= 0.6 is 0 Å². The molecule has 0 spiro atoms. The fourth-order valence-electron chi connectivity index (χ4n) is 2.48. The SMILES string of the molecule is CCCCOC(=O)C1C(C)=NC(=O)NC1c1ccc(C)cc1. The monoisotopic (exact) mass is 302 g/mol. The van der Waals surface area contributed by atoms with Crippen LogP contribution in [0.25, 0.3) is 0 Å². The van der Waals surface area contributed by atoms with E-state index in [0.717, 1.165) is 24.0 Å². The Morgan fingerprint density at radius 1 is 1.27 bits per heavy atom. The van der Waals surface area contributed by atoms with E-state index < -0.39 is 18.0 Å². The Morgan fingerprint density at radius 2 is 1.95 bits per heavy atom. The first-order valence-corrected chi connectivity index (χ1v) is 7.61. The van der Waals surface area contributed by atoms with Crippen molar-refractivity contribution in [1.29, 1.82) is 0 Å². The van der Waals surface area contributed by atoms with Crippen molar-refractivity contribution in [2.45, 2.75) is 39.7 Å². The van der Waals surface area contributed by atoms with Crippen LogP contribution in [0.1, 0.15) is 43.9 Å². The molecule has 0 saturated carbocycles. The molecule has 1 N–H and O–H groups in total. The molecule has 5 heteroatoms. The van der Waals surface area contributed by atoms with E-state index in [9.17, 15) is 9.59 Å². The van der Waals surface area contributed by atoms with Gasteiger partial charge in [0.15, 0.2) is 0 Å². The number of hydrogen-bond donors (Lipinski definition) is 1. The van der Waals surface area contributed by atoms with Crippen LogP contribution in [0.5, 0.6) is 0 Å². The molecule has 2 atom stereocenters. The first-order chi connectivity index (χ1) is 10.5. The highest BCUT2D eigenvalue weighted by Gasteiger charge is 2.37. The third kappa shape index (κ3) is 3.72. The topological polar surface area (TPSA) is 67.8 Å². The summed E-state index contributed by atoms with van der Waals surface area (Å²) in [4.78, 5) is 28.0. The number of unbranched alkanes of at least 4 members (excludes halogenated alkanes) is 1. The van der Waals surface area contributed by atoms with E-state index in [0.29, 0.717) is 12.3 Å². The van der Waals surface area contributed by atoms with Gasteiger partial charge in [-0.25, -0.2) is 9.79 Å². The third-order valence-corrected chi connectivity index (χ3v) is 3.77. The van der Waals surface area contributed by atoms with Crippen molar-refractivity contribution in [3.05, 3.63) is 35.4 Å². The second-order valence-electron chi connectivity index (χ2n) is 5.59. The van der Waals surface area contributed by atoms with Crippen molar-refractivity contribution >= 4 is 17.7 Å². The first-order valence-electron chi connectivity index (χ1n) is 7.61. The van der Waals surface area contributed by atoms with Gasteiger partial charge in [0.05, 0.1) is 12.6 Å². The largest absolute Gasteiger partial charge is 0.465 e. The average molecular weight is 302 g/mol. The number of aliphatic imine (C=N–C) groups is 1. The molecule has 0 aliphatic carbocycles. The van der Waals surface area contributed by atoms with Gasteiger partial charge in [0.2, 0.25) is 0 Å². The number of carbonyl (C=O) groups is 2. The molecule has 5 nitrogen and oxygen atoms in total. The smallest absolute Gasteiger partial charge is 0.341 e. The molecule has 0 bridgehead atoms. The molecular weight excluding hydrogens is 280 g/mol. The summed E-state index contributed by atoms with van der Waals surface area (Å²) in [5.74, 6) is -0.905. The van der Waals surface area contributed by atoms with E-state index in [1.54, 1.807) is 6.92 Å². The number of urea groups is 1. The molecule has 1 aliphatic rings. The van der Waals surface area contributed by atoms with Crippen LogP contribution in [0, 0.1) is 12.8 Å². The second kappa shape index (κ2) is 7.20. The molecule has 0 aromatic heterocycles. The lowest BCUT2D eigenvalue weighted by molar-refractivity contribution is -0.147. The standard InChI is InChI=1S/C17H22N2O3/c1-4-5-10-22-16(20)14-12(3)18-17(21)19-15(14)13-8-6-11(2)7-9-13/h6-9,14-15H,4-5,10H2,1-3H3,(H,19,21). The Labute approximate surface area is 130 Å². The zero-order valence-corrected chi connectivity index (χ0v) is 13.3. The molecule has 0 saturated heterocycles. The van der Waals surface area contributed by atoms with Crippen LogP contribution in [0.3, 0.4) is 0 Å². The predicted molar refractivity (Wildman–Crippen MR) is 84.9 cm³/mol. The molecule has 0 radical (unpaired) electrons. The summed E-state index contributed by atoms with van der Waals surface area (Å²) in [7, 11) is 0. The van der Waals surface area contributed by atoms with Crippen LogP contribution in [0.4, 0.5) is 4.79 Å². The molecule has 0 fully saturated rings. The molecule has 1 aromatic carbocycles. The van der Waals surface area contributed by atoms with Gasteiger partial charge in [-0.15, -0.1) is 0 Å². The van der Waals surface area contributed by atoms with Crippen LogP contribution in [-0.4, -0.2) is 24.3 Å². The highest BCUT2D eigenvalue weighted by Crippen LogP contribution is 2.28. The fraction of sp³-hybridized carbons (Fsp3) is 0.471. The zero-order chi connectivity index (χ0) is 16.1. The van der Waals surface area contributed by atoms with Crippen LogP contribution in [0.15, 0.2) is 29.3 Å². The second-order valence-corrected chi connectivity index (χ2v) is 5.59. The van der Waals surface area contributed by atoms with Crippen LogP contribution < -0.4 is 5.32 Å². The number of hydrogen-bond acceptors (Lipinski definition) is 3. The van der Waals surface area contributed by atoms with Crippen LogP contribution in [-0.2, 0) is 9.53 Å². The first kappa shape index (κ1) is 16.2. The molecule has 118 valence electrons. The Hall–Kier alpha value is -2.17. The van der Waals surface area contributed by atoms with Gasteiger partial charge >= 0.3 is 12.0 Å². The van der Waals surface area contributed by atoms with E-state index >= 15 is 0 Å². The van der Waals surface area contributed by atoms with Gasteiger partial charge in [-0.05, 0) is 25.8 Å². The van der Waals surface area contributed by atoms with Gasteiger partial charge in [0.25, 0.3) is 0 Å².